The first-order valence-corrected chi connectivity index (χ1v) is 9.16. The molecular formula is C22H24N2O4. The van der Waals surface area contributed by atoms with E-state index < -0.39 is 17.4 Å². The molecule has 2 rings (SSSR count). The Morgan fingerprint density at radius 2 is 1.32 bits per heavy atom. The highest BCUT2D eigenvalue weighted by atomic mass is 16.4. The van der Waals surface area contributed by atoms with Crippen LogP contribution in [0.1, 0.15) is 30.4 Å². The van der Waals surface area contributed by atoms with E-state index in [2.05, 4.69) is 6.07 Å². The van der Waals surface area contributed by atoms with Crippen molar-refractivity contribution in [1.29, 1.82) is 5.26 Å². The standard InChI is InChI=1S/C22H24N2O4/c23-17-22(18-9-3-1-4-10-18,19-11-5-2-6-12-19)13-7-8-14-24(15-20(25)26)16-21(27)28/h1-6,9-12H,7-8,13-16H2,(H,25,26)(H,27,28). The van der Waals surface area contributed by atoms with Crippen molar-refractivity contribution >= 4 is 11.9 Å². The summed E-state index contributed by atoms with van der Waals surface area (Å²) in [5.74, 6) is -2.11. The average Bonchev–Trinajstić information content (AvgIpc) is 2.69. The Balaban J connectivity index is 2.13. The molecule has 2 N–H and O–H groups in total. The Morgan fingerprint density at radius 3 is 1.71 bits per heavy atom. The summed E-state index contributed by atoms with van der Waals surface area (Å²) in [4.78, 5) is 23.2. The molecule has 0 saturated carbocycles. The second-order valence-corrected chi connectivity index (χ2v) is 6.70. The Labute approximate surface area is 164 Å². The maximum atomic E-state index is 10.9. The number of nitriles is 1. The molecule has 0 spiro atoms. The van der Waals surface area contributed by atoms with Gasteiger partial charge in [0.15, 0.2) is 0 Å². The third kappa shape index (κ3) is 5.66. The van der Waals surface area contributed by atoms with Gasteiger partial charge in [-0.2, -0.15) is 5.26 Å². The lowest BCUT2D eigenvalue weighted by molar-refractivity contribution is -0.141. The fourth-order valence-electron chi connectivity index (χ4n) is 3.41. The van der Waals surface area contributed by atoms with Crippen LogP contribution >= 0.6 is 0 Å². The predicted molar refractivity (Wildman–Crippen MR) is 105 cm³/mol. The minimum atomic E-state index is -1.05. The van der Waals surface area contributed by atoms with Crippen LogP contribution in [0.15, 0.2) is 60.7 Å². The van der Waals surface area contributed by atoms with Gasteiger partial charge in [0.05, 0.1) is 19.2 Å². The van der Waals surface area contributed by atoms with Crippen molar-refractivity contribution in [3.63, 3.8) is 0 Å². The fraction of sp³-hybridized carbons (Fsp3) is 0.318. The third-order valence-corrected chi connectivity index (χ3v) is 4.72. The summed E-state index contributed by atoms with van der Waals surface area (Å²) in [6, 6.07) is 21.7. The number of aliphatic carboxylic acids is 2. The number of carboxylic acid groups (broad SMARTS) is 2. The summed E-state index contributed by atoms with van der Waals surface area (Å²) in [5, 5.41) is 28.0. The second-order valence-electron chi connectivity index (χ2n) is 6.70. The highest BCUT2D eigenvalue weighted by Gasteiger charge is 2.33. The number of hydrogen-bond acceptors (Lipinski definition) is 4. The molecule has 6 nitrogen and oxygen atoms in total. The summed E-state index contributed by atoms with van der Waals surface area (Å²) >= 11 is 0. The van der Waals surface area contributed by atoms with Crippen LogP contribution in [0, 0.1) is 11.3 Å². The summed E-state index contributed by atoms with van der Waals surface area (Å²) in [6.45, 7) is -0.274. The van der Waals surface area contributed by atoms with Crippen molar-refractivity contribution < 1.29 is 19.8 Å². The molecule has 6 heteroatoms. The van der Waals surface area contributed by atoms with Gasteiger partial charge in [0.2, 0.25) is 0 Å². The maximum Gasteiger partial charge on any atom is 0.317 e. The van der Waals surface area contributed by atoms with Crippen molar-refractivity contribution in [2.75, 3.05) is 19.6 Å². The molecule has 0 unspecified atom stereocenters. The molecule has 28 heavy (non-hydrogen) atoms. The van der Waals surface area contributed by atoms with E-state index in [9.17, 15) is 14.9 Å². The zero-order valence-electron chi connectivity index (χ0n) is 15.6. The zero-order chi connectivity index (χ0) is 20.4. The number of unbranched alkanes of at least 4 members (excludes halogenated alkanes) is 1. The van der Waals surface area contributed by atoms with Crippen LogP contribution in [0.4, 0.5) is 0 Å². The van der Waals surface area contributed by atoms with Crippen molar-refractivity contribution in [3.05, 3.63) is 71.8 Å². The largest absolute Gasteiger partial charge is 0.480 e. The topological polar surface area (TPSA) is 102 Å². The summed E-state index contributed by atoms with van der Waals surface area (Å²) in [5.41, 5.74) is 1.03. The molecular weight excluding hydrogens is 356 g/mol. The molecule has 0 amide bonds. The molecule has 0 aliphatic carbocycles. The summed E-state index contributed by atoms with van der Waals surface area (Å²) < 4.78 is 0. The van der Waals surface area contributed by atoms with Gasteiger partial charge in [0.1, 0.15) is 5.41 Å². The number of benzene rings is 2. The Kier molecular flexibility index (Phi) is 7.73. The van der Waals surface area contributed by atoms with Crippen LogP contribution < -0.4 is 0 Å². The molecule has 0 atom stereocenters. The van der Waals surface area contributed by atoms with Crippen LogP contribution in [0.2, 0.25) is 0 Å². The van der Waals surface area contributed by atoms with E-state index in [-0.39, 0.29) is 13.1 Å². The molecule has 0 aliphatic heterocycles. The quantitative estimate of drug-likeness (QED) is 0.581. The van der Waals surface area contributed by atoms with E-state index >= 15 is 0 Å². The molecule has 0 fully saturated rings. The number of carboxylic acids is 2. The van der Waals surface area contributed by atoms with Crippen LogP contribution in [0.25, 0.3) is 0 Å². The number of nitrogens with zero attached hydrogens (tertiary/aromatic N) is 2. The van der Waals surface area contributed by atoms with Crippen LogP contribution in [-0.2, 0) is 15.0 Å². The number of carbonyl (C=O) groups is 2. The van der Waals surface area contributed by atoms with Crippen LogP contribution in [-0.4, -0.2) is 46.7 Å². The lowest BCUT2D eigenvalue weighted by Crippen LogP contribution is -2.35. The lowest BCUT2D eigenvalue weighted by atomic mass is 9.72. The lowest BCUT2D eigenvalue weighted by Gasteiger charge is -2.28. The normalized spacial score (nSPS) is 11.1. The minimum absolute atomic E-state index is 0.312. The maximum absolute atomic E-state index is 10.9. The minimum Gasteiger partial charge on any atom is -0.480 e. The second kappa shape index (κ2) is 10.2. The molecule has 2 aromatic carbocycles. The SMILES string of the molecule is N#CC(CCCCN(CC(=O)O)CC(=O)O)(c1ccccc1)c1ccccc1. The van der Waals surface area contributed by atoms with Gasteiger partial charge in [0, 0.05) is 0 Å². The molecule has 0 radical (unpaired) electrons. The molecule has 0 heterocycles. The van der Waals surface area contributed by atoms with Gasteiger partial charge in [-0.05, 0) is 36.9 Å². The number of rotatable bonds is 11. The van der Waals surface area contributed by atoms with E-state index in [4.69, 9.17) is 10.2 Å². The van der Waals surface area contributed by atoms with E-state index in [1.807, 2.05) is 60.7 Å². The van der Waals surface area contributed by atoms with Crippen molar-refractivity contribution in [1.82, 2.24) is 4.90 Å². The summed E-state index contributed by atoms with van der Waals surface area (Å²) in [7, 11) is 0. The van der Waals surface area contributed by atoms with Crippen LogP contribution in [0.3, 0.4) is 0 Å². The Bertz CT molecular complexity index is 760. The van der Waals surface area contributed by atoms with Gasteiger partial charge in [-0.15, -0.1) is 0 Å². The smallest absolute Gasteiger partial charge is 0.317 e. The third-order valence-electron chi connectivity index (χ3n) is 4.72. The zero-order valence-corrected chi connectivity index (χ0v) is 15.6. The van der Waals surface area contributed by atoms with Crippen molar-refractivity contribution in [2.24, 2.45) is 0 Å². The Hall–Kier alpha value is -3.17. The first-order valence-electron chi connectivity index (χ1n) is 9.16. The first-order chi connectivity index (χ1) is 13.5. The van der Waals surface area contributed by atoms with Crippen molar-refractivity contribution in [3.8, 4) is 6.07 Å². The van der Waals surface area contributed by atoms with Gasteiger partial charge in [-0.1, -0.05) is 60.7 Å². The predicted octanol–water partition coefficient (Wildman–Crippen LogP) is 3.14. The van der Waals surface area contributed by atoms with Crippen LogP contribution in [0.5, 0.6) is 0 Å². The molecule has 0 aliphatic rings. The molecule has 0 saturated heterocycles. The molecule has 0 bridgehead atoms. The molecule has 2 aromatic rings. The highest BCUT2D eigenvalue weighted by molar-refractivity contribution is 5.72. The number of hydrogen-bond donors (Lipinski definition) is 2. The van der Waals surface area contributed by atoms with Gasteiger partial charge < -0.3 is 10.2 Å². The fourth-order valence-corrected chi connectivity index (χ4v) is 3.41. The first kappa shape index (κ1) is 21.1. The van der Waals surface area contributed by atoms with E-state index in [0.717, 1.165) is 11.1 Å². The highest BCUT2D eigenvalue weighted by Crippen LogP contribution is 2.36. The van der Waals surface area contributed by atoms with E-state index in [1.165, 1.54) is 4.90 Å². The monoisotopic (exact) mass is 380 g/mol. The summed E-state index contributed by atoms with van der Waals surface area (Å²) in [6.07, 6.45) is 1.82. The van der Waals surface area contributed by atoms with Gasteiger partial charge >= 0.3 is 11.9 Å². The van der Waals surface area contributed by atoms with Gasteiger partial charge in [-0.3, -0.25) is 14.5 Å². The molecule has 146 valence electrons. The van der Waals surface area contributed by atoms with Gasteiger partial charge in [0.25, 0.3) is 0 Å². The molecule has 0 aromatic heterocycles. The van der Waals surface area contributed by atoms with E-state index in [1.54, 1.807) is 0 Å². The van der Waals surface area contributed by atoms with Crippen molar-refractivity contribution in [2.45, 2.75) is 24.7 Å². The Morgan fingerprint density at radius 1 is 0.857 bits per heavy atom. The average molecular weight is 380 g/mol. The van der Waals surface area contributed by atoms with E-state index in [0.29, 0.717) is 25.8 Å². The van der Waals surface area contributed by atoms with Gasteiger partial charge in [-0.25, -0.2) is 0 Å².